The largest absolute Gasteiger partial charge is 0.356 e. The Kier molecular flexibility index (Phi) is 4.06. The van der Waals surface area contributed by atoms with Crippen molar-refractivity contribution in [2.45, 2.75) is 19.9 Å². The van der Waals surface area contributed by atoms with Crippen molar-refractivity contribution >= 4 is 17.5 Å². The Morgan fingerprint density at radius 1 is 1.12 bits per heavy atom. The molecule has 0 saturated carbocycles. The maximum atomic E-state index is 12.7. The minimum atomic E-state index is 0.0293. The minimum Gasteiger partial charge on any atom is -0.356 e. The van der Waals surface area contributed by atoms with Gasteiger partial charge in [0.15, 0.2) is 5.76 Å². The molecular weight excluding hydrogens is 336 g/mol. The maximum absolute atomic E-state index is 12.7. The average molecular weight is 353 g/mol. The van der Waals surface area contributed by atoms with Crippen LogP contribution in [0.4, 0.5) is 0 Å². The third-order valence-corrected chi connectivity index (χ3v) is 4.79. The molecule has 0 atom stereocenters. The lowest BCUT2D eigenvalue weighted by atomic mass is 10.00. The quantitative estimate of drug-likeness (QED) is 0.682. The number of nitrogens with zero attached hydrogens (tertiary/aromatic N) is 2. The zero-order valence-corrected chi connectivity index (χ0v) is 14.6. The van der Waals surface area contributed by atoms with E-state index in [1.54, 1.807) is 0 Å². The molecule has 2 aromatic carbocycles. The predicted octanol–water partition coefficient (Wildman–Crippen LogP) is 4.50. The van der Waals surface area contributed by atoms with Gasteiger partial charge in [0.25, 0.3) is 5.91 Å². The molecular formula is C20H17ClN2O2. The lowest BCUT2D eigenvalue weighted by molar-refractivity contribution is 0.0731. The van der Waals surface area contributed by atoms with Crippen LogP contribution in [0.25, 0.3) is 11.3 Å². The second-order valence-electron chi connectivity index (χ2n) is 6.29. The normalized spacial score (nSPS) is 13.6. The summed E-state index contributed by atoms with van der Waals surface area (Å²) in [5, 5.41) is 4.88. The second kappa shape index (κ2) is 6.37. The molecule has 4 nitrogen and oxygen atoms in total. The summed E-state index contributed by atoms with van der Waals surface area (Å²) in [6.45, 7) is 3.13. The lowest BCUT2D eigenvalue weighted by Gasteiger charge is -2.26. The summed E-state index contributed by atoms with van der Waals surface area (Å²) in [5.74, 6) is 0.802. The molecule has 3 aromatic rings. The van der Waals surface area contributed by atoms with Gasteiger partial charge in [-0.1, -0.05) is 34.5 Å². The number of rotatable bonds is 2. The van der Waals surface area contributed by atoms with Gasteiger partial charge in [0, 0.05) is 28.3 Å². The summed E-state index contributed by atoms with van der Waals surface area (Å²) >= 11 is 5.95. The molecule has 0 spiro atoms. The first-order valence-corrected chi connectivity index (χ1v) is 8.59. The summed E-state index contributed by atoms with van der Waals surface area (Å²) in [7, 11) is 0. The highest BCUT2D eigenvalue weighted by molar-refractivity contribution is 6.30. The van der Waals surface area contributed by atoms with Gasteiger partial charge in [-0.05, 0) is 49.7 Å². The van der Waals surface area contributed by atoms with Crippen LogP contribution in [0.15, 0.2) is 53.1 Å². The van der Waals surface area contributed by atoms with Gasteiger partial charge in [-0.2, -0.15) is 0 Å². The van der Waals surface area contributed by atoms with Crippen LogP contribution in [-0.4, -0.2) is 22.5 Å². The minimum absolute atomic E-state index is 0.0293. The van der Waals surface area contributed by atoms with E-state index in [4.69, 9.17) is 16.1 Å². The first kappa shape index (κ1) is 15.9. The Hall–Kier alpha value is -2.59. The van der Waals surface area contributed by atoms with Crippen LogP contribution >= 0.6 is 11.6 Å². The zero-order valence-electron chi connectivity index (χ0n) is 13.8. The van der Waals surface area contributed by atoms with Gasteiger partial charge in [0.2, 0.25) is 0 Å². The van der Waals surface area contributed by atoms with Crippen molar-refractivity contribution in [1.82, 2.24) is 10.1 Å². The Morgan fingerprint density at radius 2 is 1.84 bits per heavy atom. The van der Waals surface area contributed by atoms with Crippen LogP contribution < -0.4 is 0 Å². The predicted molar refractivity (Wildman–Crippen MR) is 96.6 cm³/mol. The van der Waals surface area contributed by atoms with Crippen molar-refractivity contribution in [1.29, 1.82) is 0 Å². The van der Waals surface area contributed by atoms with Crippen molar-refractivity contribution in [3.63, 3.8) is 0 Å². The third-order valence-electron chi connectivity index (χ3n) is 4.53. The van der Waals surface area contributed by atoms with E-state index < -0.39 is 0 Å². The number of aryl methyl sites for hydroxylation is 1. The Labute approximate surface area is 151 Å². The van der Waals surface area contributed by atoms with E-state index >= 15 is 0 Å². The fraction of sp³-hybridized carbons (Fsp3) is 0.200. The molecule has 0 saturated heterocycles. The molecule has 5 heteroatoms. The van der Waals surface area contributed by atoms with E-state index in [1.165, 1.54) is 0 Å². The fourth-order valence-electron chi connectivity index (χ4n) is 3.11. The van der Waals surface area contributed by atoms with Crippen LogP contribution in [0.2, 0.25) is 5.02 Å². The van der Waals surface area contributed by atoms with Gasteiger partial charge in [-0.25, -0.2) is 0 Å². The fourth-order valence-corrected chi connectivity index (χ4v) is 3.24. The zero-order chi connectivity index (χ0) is 17.4. The number of benzene rings is 2. The Morgan fingerprint density at radius 3 is 2.56 bits per heavy atom. The van der Waals surface area contributed by atoms with Crippen LogP contribution in [0.1, 0.15) is 27.2 Å². The number of hydrogen-bond donors (Lipinski definition) is 0. The van der Waals surface area contributed by atoms with Crippen molar-refractivity contribution in [2.24, 2.45) is 0 Å². The van der Waals surface area contributed by atoms with Gasteiger partial charge in [-0.15, -0.1) is 0 Å². The topological polar surface area (TPSA) is 46.3 Å². The second-order valence-corrected chi connectivity index (χ2v) is 6.72. The summed E-state index contributed by atoms with van der Waals surface area (Å²) in [6, 6.07) is 15.2. The first-order chi connectivity index (χ1) is 12.1. The standard InChI is InChI=1S/C20H17ClN2O2/c1-13-2-4-15(5-3-13)20(24)23-11-10-17-18(12-23)22-25-19(17)14-6-8-16(21)9-7-14/h2-9H,10-12H2,1H3. The van der Waals surface area contributed by atoms with E-state index in [0.29, 0.717) is 23.7 Å². The molecule has 2 heterocycles. The molecule has 0 unspecified atom stereocenters. The number of fused-ring (bicyclic) bond motifs is 1. The highest BCUT2D eigenvalue weighted by Gasteiger charge is 2.27. The monoisotopic (exact) mass is 352 g/mol. The molecule has 25 heavy (non-hydrogen) atoms. The molecule has 0 radical (unpaired) electrons. The molecule has 4 rings (SSSR count). The van der Waals surface area contributed by atoms with Gasteiger partial charge in [0.05, 0.1) is 6.54 Å². The van der Waals surface area contributed by atoms with Crippen molar-refractivity contribution in [3.05, 3.63) is 75.9 Å². The van der Waals surface area contributed by atoms with Gasteiger partial charge in [0.1, 0.15) is 5.69 Å². The Balaban J connectivity index is 1.57. The number of carbonyl (C=O) groups excluding carboxylic acids is 1. The molecule has 1 amide bonds. The molecule has 1 aliphatic heterocycles. The number of halogens is 1. The van der Waals surface area contributed by atoms with E-state index in [2.05, 4.69) is 5.16 Å². The van der Waals surface area contributed by atoms with Crippen LogP contribution in [0.5, 0.6) is 0 Å². The Bertz CT molecular complexity index is 914. The van der Waals surface area contributed by atoms with Crippen LogP contribution in [0, 0.1) is 6.92 Å². The molecule has 1 aromatic heterocycles. The van der Waals surface area contributed by atoms with E-state index in [-0.39, 0.29) is 5.91 Å². The van der Waals surface area contributed by atoms with E-state index in [0.717, 1.165) is 34.6 Å². The van der Waals surface area contributed by atoms with Gasteiger partial charge >= 0.3 is 0 Å². The van der Waals surface area contributed by atoms with Crippen molar-refractivity contribution < 1.29 is 9.32 Å². The maximum Gasteiger partial charge on any atom is 0.254 e. The molecule has 1 aliphatic rings. The van der Waals surface area contributed by atoms with Gasteiger partial charge < -0.3 is 9.42 Å². The SMILES string of the molecule is Cc1ccc(C(=O)N2CCc3c(noc3-c3ccc(Cl)cc3)C2)cc1. The number of carbonyl (C=O) groups is 1. The molecule has 126 valence electrons. The summed E-state index contributed by atoms with van der Waals surface area (Å²) < 4.78 is 5.56. The van der Waals surface area contributed by atoms with E-state index in [1.807, 2.05) is 60.4 Å². The third kappa shape index (κ3) is 3.05. The number of amides is 1. The highest BCUT2D eigenvalue weighted by atomic mass is 35.5. The van der Waals surface area contributed by atoms with Crippen molar-refractivity contribution in [3.8, 4) is 11.3 Å². The smallest absolute Gasteiger partial charge is 0.254 e. The van der Waals surface area contributed by atoms with E-state index in [9.17, 15) is 4.79 Å². The average Bonchev–Trinajstić information content (AvgIpc) is 3.05. The van der Waals surface area contributed by atoms with Crippen LogP contribution in [0.3, 0.4) is 0 Å². The first-order valence-electron chi connectivity index (χ1n) is 8.21. The molecule has 0 bridgehead atoms. The molecule has 0 N–H and O–H groups in total. The van der Waals surface area contributed by atoms with Crippen molar-refractivity contribution in [2.75, 3.05) is 6.54 Å². The molecule has 0 aliphatic carbocycles. The summed E-state index contributed by atoms with van der Waals surface area (Å²) in [5.41, 5.74) is 4.71. The highest BCUT2D eigenvalue weighted by Crippen LogP contribution is 2.31. The molecule has 0 fully saturated rings. The number of hydrogen-bond acceptors (Lipinski definition) is 3. The van der Waals surface area contributed by atoms with Crippen LogP contribution in [-0.2, 0) is 13.0 Å². The number of aromatic nitrogens is 1. The summed E-state index contributed by atoms with van der Waals surface area (Å²) in [4.78, 5) is 14.5. The van der Waals surface area contributed by atoms with Gasteiger partial charge in [-0.3, -0.25) is 4.79 Å². The lowest BCUT2D eigenvalue weighted by Crippen LogP contribution is -2.35. The summed E-state index contributed by atoms with van der Waals surface area (Å²) in [6.07, 6.45) is 0.731.